The summed E-state index contributed by atoms with van der Waals surface area (Å²) in [5.41, 5.74) is 0.150. The second-order valence-electron chi connectivity index (χ2n) is 4.30. The minimum Gasteiger partial charge on any atom is -0.459 e. The fraction of sp³-hybridized carbons (Fsp3) is 0.462. The van der Waals surface area contributed by atoms with Gasteiger partial charge in [0.25, 0.3) is 0 Å². The number of furan rings is 1. The van der Waals surface area contributed by atoms with Gasteiger partial charge in [-0.2, -0.15) is 0 Å². The Labute approximate surface area is 115 Å². The van der Waals surface area contributed by atoms with Crippen molar-refractivity contribution in [1.82, 2.24) is 0 Å². The van der Waals surface area contributed by atoms with Crippen LogP contribution in [0, 0.1) is 0 Å². The molecule has 1 aromatic rings. The van der Waals surface area contributed by atoms with Crippen LogP contribution in [-0.2, 0) is 20.9 Å². The van der Waals surface area contributed by atoms with Crippen molar-refractivity contribution in [2.24, 2.45) is 0 Å². The highest BCUT2D eigenvalue weighted by Gasteiger charge is 2.42. The minimum atomic E-state index is -1.24. The summed E-state index contributed by atoms with van der Waals surface area (Å²) in [6.45, 7) is -0.803. The van der Waals surface area contributed by atoms with E-state index in [0.717, 1.165) is 0 Å². The summed E-state index contributed by atoms with van der Waals surface area (Å²) in [6.07, 6.45) is -1.93. The Balaban J connectivity index is 2.31. The number of carbonyl (C=O) groups is 1. The molecule has 0 radical (unpaired) electrons. The van der Waals surface area contributed by atoms with Gasteiger partial charge in [-0.05, 0) is 18.2 Å². The lowest BCUT2D eigenvalue weighted by Gasteiger charge is -2.16. The molecule has 2 rings (SSSR count). The van der Waals surface area contributed by atoms with Crippen molar-refractivity contribution in [3.8, 4) is 0 Å². The topological polar surface area (TPSA) is 109 Å². The van der Waals surface area contributed by atoms with E-state index in [-0.39, 0.29) is 12.2 Å². The molecule has 20 heavy (non-hydrogen) atoms. The van der Waals surface area contributed by atoms with E-state index in [1.807, 2.05) is 0 Å². The first-order valence-electron chi connectivity index (χ1n) is 6.03. The maximum atomic E-state index is 12.0. The third-order valence-electron chi connectivity index (χ3n) is 2.96. The van der Waals surface area contributed by atoms with Crippen LogP contribution < -0.4 is 0 Å². The molecule has 1 saturated heterocycles. The first kappa shape index (κ1) is 14.9. The minimum absolute atomic E-state index is 0.150. The predicted octanol–water partition coefficient (Wildman–Crippen LogP) is -0.551. The lowest BCUT2D eigenvalue weighted by atomic mass is 10.0. The monoisotopic (exact) mass is 284 g/mol. The van der Waals surface area contributed by atoms with Crippen molar-refractivity contribution in [2.75, 3.05) is 13.7 Å². The maximum Gasteiger partial charge on any atom is 0.222 e. The second-order valence-corrected chi connectivity index (χ2v) is 4.30. The number of ether oxygens (including phenoxy) is 2. The molecule has 3 atom stereocenters. The van der Waals surface area contributed by atoms with Gasteiger partial charge in [-0.25, -0.2) is 0 Å². The SMILES string of the molecule is CO[C@H]1O[C@@H]([C@@H](O)CO)/C(=C/c2ccc(CO)o2)C1=O. The molecule has 0 spiro atoms. The molecule has 1 aliphatic heterocycles. The third-order valence-corrected chi connectivity index (χ3v) is 2.96. The molecule has 1 fully saturated rings. The number of carbonyl (C=O) groups excluding carboxylic acids is 1. The summed E-state index contributed by atoms with van der Waals surface area (Å²) in [7, 11) is 1.31. The van der Waals surface area contributed by atoms with Gasteiger partial charge in [0.05, 0.1) is 6.61 Å². The molecule has 110 valence electrons. The van der Waals surface area contributed by atoms with Gasteiger partial charge in [0.1, 0.15) is 30.3 Å². The molecule has 0 bridgehead atoms. The Morgan fingerprint density at radius 2 is 2.20 bits per heavy atom. The van der Waals surface area contributed by atoms with Gasteiger partial charge in [0.15, 0.2) is 0 Å². The van der Waals surface area contributed by atoms with Crippen LogP contribution >= 0.6 is 0 Å². The Hall–Kier alpha value is -1.51. The molecule has 7 heteroatoms. The largest absolute Gasteiger partial charge is 0.459 e. The van der Waals surface area contributed by atoms with E-state index in [2.05, 4.69) is 0 Å². The highest BCUT2D eigenvalue weighted by Crippen LogP contribution is 2.28. The molecule has 1 aromatic heterocycles. The van der Waals surface area contributed by atoms with Crippen molar-refractivity contribution in [3.05, 3.63) is 29.2 Å². The number of hydrogen-bond donors (Lipinski definition) is 3. The number of Topliss-reactive ketones (excluding diaryl/α,β-unsaturated/α-hetero) is 1. The second kappa shape index (κ2) is 6.29. The smallest absolute Gasteiger partial charge is 0.222 e. The molecule has 0 aliphatic carbocycles. The zero-order chi connectivity index (χ0) is 14.7. The average Bonchev–Trinajstić information content (AvgIpc) is 3.04. The summed E-state index contributed by atoms with van der Waals surface area (Å²) in [6, 6.07) is 3.15. The van der Waals surface area contributed by atoms with Crippen LogP contribution in [0.4, 0.5) is 0 Å². The van der Waals surface area contributed by atoms with Gasteiger partial charge in [-0.1, -0.05) is 0 Å². The lowest BCUT2D eigenvalue weighted by Crippen LogP contribution is -2.31. The zero-order valence-corrected chi connectivity index (χ0v) is 10.9. The molecular weight excluding hydrogens is 268 g/mol. The van der Waals surface area contributed by atoms with Gasteiger partial charge < -0.3 is 29.2 Å². The van der Waals surface area contributed by atoms with E-state index in [4.69, 9.17) is 24.1 Å². The molecule has 2 heterocycles. The van der Waals surface area contributed by atoms with E-state index < -0.39 is 30.9 Å². The summed E-state index contributed by atoms with van der Waals surface area (Å²) in [5.74, 6) is 0.255. The molecule has 1 aliphatic rings. The fourth-order valence-electron chi connectivity index (χ4n) is 1.96. The summed E-state index contributed by atoms with van der Waals surface area (Å²) < 4.78 is 15.4. The van der Waals surface area contributed by atoms with Crippen molar-refractivity contribution in [1.29, 1.82) is 0 Å². The Morgan fingerprint density at radius 3 is 2.75 bits per heavy atom. The third kappa shape index (κ3) is 2.82. The number of aliphatic hydroxyl groups excluding tert-OH is 3. The van der Waals surface area contributed by atoms with E-state index in [0.29, 0.717) is 11.5 Å². The van der Waals surface area contributed by atoms with Gasteiger partial charge in [0, 0.05) is 12.7 Å². The summed E-state index contributed by atoms with van der Waals surface area (Å²) >= 11 is 0. The Bertz CT molecular complexity index is 505. The van der Waals surface area contributed by atoms with Gasteiger partial charge >= 0.3 is 0 Å². The highest BCUT2D eigenvalue weighted by molar-refractivity contribution is 6.04. The van der Waals surface area contributed by atoms with E-state index >= 15 is 0 Å². The molecule has 7 nitrogen and oxygen atoms in total. The summed E-state index contributed by atoms with van der Waals surface area (Å²) in [4.78, 5) is 12.0. The van der Waals surface area contributed by atoms with E-state index in [1.54, 1.807) is 12.1 Å². The highest BCUT2D eigenvalue weighted by atomic mass is 16.7. The molecule has 0 saturated carbocycles. The van der Waals surface area contributed by atoms with Crippen molar-refractivity contribution in [2.45, 2.75) is 25.1 Å². The van der Waals surface area contributed by atoms with Crippen LogP contribution in [0.1, 0.15) is 11.5 Å². The average molecular weight is 284 g/mol. The normalized spacial score (nSPS) is 26.4. The molecule has 0 amide bonds. The van der Waals surface area contributed by atoms with Gasteiger partial charge in [-0.3, -0.25) is 4.79 Å². The van der Waals surface area contributed by atoms with Crippen LogP contribution in [0.15, 0.2) is 22.1 Å². The standard InChI is InChI=1S/C13H16O7/c1-18-13-11(17)9(12(20-13)10(16)6-15)4-7-2-3-8(5-14)19-7/h2-4,10,12-16H,5-6H2,1H3/b9-4+/t10-,12+,13-/m0/s1. The van der Waals surface area contributed by atoms with Crippen LogP contribution in [0.25, 0.3) is 6.08 Å². The maximum absolute atomic E-state index is 12.0. The lowest BCUT2D eigenvalue weighted by molar-refractivity contribution is -0.159. The van der Waals surface area contributed by atoms with Crippen molar-refractivity contribution < 1.29 is 34.0 Å². The molecule has 3 N–H and O–H groups in total. The first-order chi connectivity index (χ1) is 9.60. The Morgan fingerprint density at radius 1 is 1.45 bits per heavy atom. The fourth-order valence-corrected chi connectivity index (χ4v) is 1.96. The Kier molecular flexibility index (Phi) is 4.69. The molecule has 0 unspecified atom stereocenters. The van der Waals surface area contributed by atoms with Crippen molar-refractivity contribution >= 4 is 11.9 Å². The zero-order valence-electron chi connectivity index (χ0n) is 10.9. The quantitative estimate of drug-likeness (QED) is 0.622. The summed E-state index contributed by atoms with van der Waals surface area (Å²) in [5, 5.41) is 27.6. The number of hydrogen-bond acceptors (Lipinski definition) is 7. The number of rotatable bonds is 5. The van der Waals surface area contributed by atoms with Crippen LogP contribution in [0.5, 0.6) is 0 Å². The molecule has 0 aromatic carbocycles. The van der Waals surface area contributed by atoms with Crippen LogP contribution in [-0.4, -0.2) is 53.3 Å². The molecular formula is C13H16O7. The van der Waals surface area contributed by atoms with Crippen molar-refractivity contribution in [3.63, 3.8) is 0 Å². The van der Waals surface area contributed by atoms with Crippen LogP contribution in [0.3, 0.4) is 0 Å². The predicted molar refractivity (Wildman–Crippen MR) is 66.4 cm³/mol. The van der Waals surface area contributed by atoms with E-state index in [1.165, 1.54) is 13.2 Å². The van der Waals surface area contributed by atoms with E-state index in [9.17, 15) is 9.90 Å². The van der Waals surface area contributed by atoms with Gasteiger partial charge in [0.2, 0.25) is 12.1 Å². The number of aliphatic hydroxyl groups is 3. The van der Waals surface area contributed by atoms with Crippen LogP contribution in [0.2, 0.25) is 0 Å². The number of methoxy groups -OCH3 is 1. The number of ketones is 1. The van der Waals surface area contributed by atoms with Gasteiger partial charge in [-0.15, -0.1) is 0 Å². The first-order valence-corrected chi connectivity index (χ1v) is 6.03.